The molecule has 13 rings (SSSR count). The second-order valence-corrected chi connectivity index (χ2v) is 18.3. The molecular weight excluding hydrogens is 735 g/mol. The smallest absolute Gasteiger partial charge is 0.336 e. The minimum absolute atomic E-state index is 0.0238. The first-order valence-corrected chi connectivity index (χ1v) is 21.4. The molecule has 3 nitrogen and oxygen atoms in total. The Labute approximate surface area is 346 Å². The average Bonchev–Trinajstić information content (AvgIpc) is 3.93. The number of nitrogens with zero attached hydrogens (tertiary/aromatic N) is 2. The fourth-order valence-electron chi connectivity index (χ4n) is 10.2. The SMILES string of the molecule is CC(C)(C)c1ccc(N2c3cc4sc5ccccc5c4cc3B3c4c(cc(-c5ccccc5)cc42)-c2cccc4c5c6ccccc6oc5n3c24)c(-c2ccccc2)c1. The number of rotatable bonds is 3. The first kappa shape index (κ1) is 33.2. The van der Waals surface area contributed by atoms with Gasteiger partial charge in [0.2, 0.25) is 0 Å². The first-order chi connectivity index (χ1) is 28.9. The maximum absolute atomic E-state index is 7.00. The molecule has 0 N–H and O–H groups in total. The maximum Gasteiger partial charge on any atom is 0.336 e. The van der Waals surface area contributed by atoms with Crippen molar-refractivity contribution in [2.75, 3.05) is 4.90 Å². The summed E-state index contributed by atoms with van der Waals surface area (Å²) < 4.78 is 12.1. The molecule has 2 aliphatic rings. The Morgan fingerprint density at radius 1 is 0.508 bits per heavy atom. The zero-order valence-electron chi connectivity index (χ0n) is 33.0. The van der Waals surface area contributed by atoms with Crippen LogP contribution in [0.15, 0.2) is 174 Å². The molecule has 3 aromatic heterocycles. The normalized spacial score (nSPS) is 13.3. The third-order valence-corrected chi connectivity index (χ3v) is 14.1. The minimum Gasteiger partial charge on any atom is -0.441 e. The van der Waals surface area contributed by atoms with Crippen molar-refractivity contribution >= 4 is 99.3 Å². The fourth-order valence-corrected chi connectivity index (χ4v) is 11.3. The molecule has 0 amide bonds. The molecule has 0 bridgehead atoms. The van der Waals surface area contributed by atoms with E-state index in [1.165, 1.54) is 103 Å². The first-order valence-electron chi connectivity index (χ1n) is 20.5. The van der Waals surface area contributed by atoms with E-state index in [9.17, 15) is 0 Å². The van der Waals surface area contributed by atoms with Gasteiger partial charge in [-0.1, -0.05) is 148 Å². The van der Waals surface area contributed by atoms with Crippen molar-refractivity contribution in [3.05, 3.63) is 175 Å². The van der Waals surface area contributed by atoms with Crippen LogP contribution >= 0.6 is 11.3 Å². The van der Waals surface area contributed by atoms with Gasteiger partial charge in [0.15, 0.2) is 5.71 Å². The number of hydrogen-bond donors (Lipinski definition) is 0. The molecule has 11 aromatic rings. The number of hydrogen-bond acceptors (Lipinski definition) is 3. The van der Waals surface area contributed by atoms with Gasteiger partial charge in [0.25, 0.3) is 0 Å². The molecular formula is C54H37BN2OS. The summed E-state index contributed by atoms with van der Waals surface area (Å²) in [5, 5.41) is 6.17. The van der Waals surface area contributed by atoms with E-state index in [1.807, 2.05) is 11.3 Å². The molecule has 0 saturated heterocycles. The van der Waals surface area contributed by atoms with Crippen molar-refractivity contribution in [3.8, 4) is 33.4 Å². The summed E-state index contributed by atoms with van der Waals surface area (Å²) in [6.45, 7) is 6.79. The van der Waals surface area contributed by atoms with Gasteiger partial charge in [-0.15, -0.1) is 11.3 Å². The van der Waals surface area contributed by atoms with Gasteiger partial charge in [0, 0.05) is 59.0 Å². The summed E-state index contributed by atoms with van der Waals surface area (Å²) in [6, 6.07) is 63.2. The number of thiophene rings is 1. The Hall–Kier alpha value is -6.82. The molecule has 0 saturated carbocycles. The number of benzene rings is 8. The van der Waals surface area contributed by atoms with Crippen LogP contribution in [0.3, 0.4) is 0 Å². The van der Waals surface area contributed by atoms with Crippen LogP contribution in [0.4, 0.5) is 17.1 Å². The quantitative estimate of drug-likeness (QED) is 0.167. The molecule has 8 aromatic carbocycles. The highest BCUT2D eigenvalue weighted by molar-refractivity contribution is 7.26. The highest BCUT2D eigenvalue weighted by Gasteiger charge is 2.45. The van der Waals surface area contributed by atoms with Crippen LogP contribution in [0.25, 0.3) is 86.5 Å². The van der Waals surface area contributed by atoms with Gasteiger partial charge < -0.3 is 13.8 Å². The van der Waals surface area contributed by atoms with E-state index >= 15 is 0 Å². The van der Waals surface area contributed by atoms with Gasteiger partial charge in [0.1, 0.15) is 5.58 Å². The molecule has 0 fully saturated rings. The third kappa shape index (κ3) is 4.59. The van der Waals surface area contributed by atoms with E-state index in [0.717, 1.165) is 16.7 Å². The molecule has 0 aliphatic carbocycles. The molecule has 0 unspecified atom stereocenters. The maximum atomic E-state index is 7.00. The van der Waals surface area contributed by atoms with Gasteiger partial charge in [-0.05, 0) is 86.6 Å². The van der Waals surface area contributed by atoms with Gasteiger partial charge in [0.05, 0.1) is 11.1 Å². The van der Waals surface area contributed by atoms with Crippen molar-refractivity contribution in [2.24, 2.45) is 0 Å². The van der Waals surface area contributed by atoms with Crippen molar-refractivity contribution in [1.82, 2.24) is 4.48 Å². The molecule has 278 valence electrons. The molecule has 0 radical (unpaired) electrons. The van der Waals surface area contributed by atoms with Crippen LogP contribution in [-0.4, -0.2) is 11.3 Å². The average molecular weight is 773 g/mol. The lowest BCUT2D eigenvalue weighted by Crippen LogP contribution is -2.56. The number of furan rings is 1. The molecule has 0 atom stereocenters. The lowest BCUT2D eigenvalue weighted by molar-refractivity contribution is 0.590. The second-order valence-electron chi connectivity index (χ2n) is 17.3. The van der Waals surface area contributed by atoms with E-state index in [0.29, 0.717) is 0 Å². The fraction of sp³-hybridized carbons (Fsp3) is 0.0741. The predicted molar refractivity (Wildman–Crippen MR) is 252 cm³/mol. The highest BCUT2D eigenvalue weighted by atomic mass is 32.1. The Kier molecular flexibility index (Phi) is 6.68. The lowest BCUT2D eigenvalue weighted by Gasteiger charge is -2.41. The van der Waals surface area contributed by atoms with Gasteiger partial charge in [-0.3, -0.25) is 0 Å². The Morgan fingerprint density at radius 2 is 1.24 bits per heavy atom. The Balaban J connectivity index is 1.22. The van der Waals surface area contributed by atoms with Crippen molar-refractivity contribution < 1.29 is 4.42 Å². The van der Waals surface area contributed by atoms with Crippen molar-refractivity contribution in [3.63, 3.8) is 0 Å². The van der Waals surface area contributed by atoms with Crippen molar-refractivity contribution in [2.45, 2.75) is 26.2 Å². The molecule has 0 spiro atoms. The van der Waals surface area contributed by atoms with E-state index in [-0.39, 0.29) is 12.3 Å². The number of fused-ring (bicyclic) bond motifs is 12. The zero-order chi connectivity index (χ0) is 39.1. The zero-order valence-corrected chi connectivity index (χ0v) is 33.8. The summed E-state index contributed by atoms with van der Waals surface area (Å²) >= 11 is 1.88. The van der Waals surface area contributed by atoms with Gasteiger partial charge >= 0.3 is 6.85 Å². The number of para-hydroxylation sites is 2. The number of aromatic nitrogens is 1. The molecule has 59 heavy (non-hydrogen) atoms. The van der Waals surface area contributed by atoms with Crippen LogP contribution in [0.5, 0.6) is 0 Å². The van der Waals surface area contributed by atoms with Crippen LogP contribution in [0.2, 0.25) is 0 Å². The predicted octanol–water partition coefficient (Wildman–Crippen LogP) is 14.0. The van der Waals surface area contributed by atoms with Crippen LogP contribution < -0.4 is 15.8 Å². The summed E-state index contributed by atoms with van der Waals surface area (Å²) in [5.74, 6) is 0. The van der Waals surface area contributed by atoms with Crippen LogP contribution in [-0.2, 0) is 5.41 Å². The summed E-state index contributed by atoms with van der Waals surface area (Å²) in [7, 11) is 0. The van der Waals surface area contributed by atoms with E-state index in [2.05, 4.69) is 200 Å². The largest absolute Gasteiger partial charge is 0.441 e. The summed E-state index contributed by atoms with van der Waals surface area (Å²) in [6.07, 6.45) is 0. The lowest BCUT2D eigenvalue weighted by atomic mass is 9.45. The Morgan fingerprint density at radius 3 is 2.05 bits per heavy atom. The standard InChI is InChI=1S/C54H37BN2OS/c1-54(2,3)35-25-26-44(40(29-35)33-17-8-5-9-18-33)56-45-31-49-41(36-19-11-13-24-48(36)59-49)30-43(45)55-51-42(27-34(28-46(51)56)32-15-6-4-7-16-32)37-21-14-22-39-50-38-20-10-12-23-47(38)58-53(50)57(55)52(37)39/h4-31H,1-3H3. The van der Waals surface area contributed by atoms with Gasteiger partial charge in [-0.2, -0.15) is 0 Å². The second kappa shape index (κ2) is 11.9. The number of anilines is 3. The van der Waals surface area contributed by atoms with Crippen molar-refractivity contribution in [1.29, 1.82) is 0 Å². The third-order valence-electron chi connectivity index (χ3n) is 12.9. The van der Waals surface area contributed by atoms with Crippen LogP contribution in [0, 0.1) is 0 Å². The van der Waals surface area contributed by atoms with E-state index < -0.39 is 0 Å². The molecule has 2 aliphatic heterocycles. The monoisotopic (exact) mass is 772 g/mol. The topological polar surface area (TPSA) is 21.3 Å². The molecule has 5 heterocycles. The van der Waals surface area contributed by atoms with Crippen LogP contribution in [0.1, 0.15) is 26.3 Å². The van der Waals surface area contributed by atoms with Gasteiger partial charge in [-0.25, -0.2) is 0 Å². The van der Waals surface area contributed by atoms with E-state index in [4.69, 9.17) is 4.42 Å². The summed E-state index contributed by atoms with van der Waals surface area (Å²) in [5.41, 5.74) is 17.8. The highest BCUT2D eigenvalue weighted by Crippen LogP contribution is 2.51. The molecule has 5 heteroatoms. The minimum atomic E-state index is -0.136. The Bertz CT molecular complexity index is 3550. The van der Waals surface area contributed by atoms with E-state index in [1.54, 1.807) is 0 Å². The summed E-state index contributed by atoms with van der Waals surface area (Å²) in [4.78, 5) is 2.60.